The first-order valence-electron chi connectivity index (χ1n) is 5.96. The summed E-state index contributed by atoms with van der Waals surface area (Å²) in [6, 6.07) is 2.85. The summed E-state index contributed by atoms with van der Waals surface area (Å²) in [6.07, 6.45) is 8.05. The molecule has 1 N–H and O–H groups in total. The van der Waals surface area contributed by atoms with Crippen molar-refractivity contribution in [1.82, 2.24) is 15.3 Å². The normalized spacial score (nSPS) is 25.7. The summed E-state index contributed by atoms with van der Waals surface area (Å²) in [6.45, 7) is 1.17. The summed E-state index contributed by atoms with van der Waals surface area (Å²) < 4.78 is 0. The second-order valence-corrected chi connectivity index (χ2v) is 4.71. The third-order valence-electron chi connectivity index (χ3n) is 3.36. The average molecular weight is 203 g/mol. The molecule has 1 saturated heterocycles. The first-order valence-corrected chi connectivity index (χ1v) is 5.96. The van der Waals surface area contributed by atoms with Crippen molar-refractivity contribution in [3.05, 3.63) is 23.8 Å². The Morgan fingerprint density at radius 2 is 2.20 bits per heavy atom. The van der Waals surface area contributed by atoms with Crippen LogP contribution in [0, 0.1) is 0 Å². The molecule has 3 rings (SSSR count). The average Bonchev–Trinajstić information content (AvgIpc) is 3.00. The molecule has 3 nitrogen and oxygen atoms in total. The number of aromatic nitrogens is 2. The molecule has 2 fully saturated rings. The first kappa shape index (κ1) is 9.28. The summed E-state index contributed by atoms with van der Waals surface area (Å²) in [5.41, 5.74) is 2.48. The molecular weight excluding hydrogens is 186 g/mol. The minimum atomic E-state index is 0.645. The van der Waals surface area contributed by atoms with E-state index in [2.05, 4.69) is 21.4 Å². The molecule has 1 atom stereocenters. The molecule has 15 heavy (non-hydrogen) atoms. The Balaban J connectivity index is 1.70. The van der Waals surface area contributed by atoms with E-state index in [0.29, 0.717) is 6.04 Å². The van der Waals surface area contributed by atoms with E-state index in [-0.39, 0.29) is 0 Å². The number of hydrogen-bond donors (Lipinski definition) is 1. The van der Waals surface area contributed by atoms with Gasteiger partial charge in [0.15, 0.2) is 0 Å². The van der Waals surface area contributed by atoms with Gasteiger partial charge in [0.05, 0.1) is 0 Å². The lowest BCUT2D eigenvalue weighted by Crippen LogP contribution is -2.24. The molecule has 3 heteroatoms. The Labute approximate surface area is 90.3 Å². The molecule has 2 aliphatic rings. The van der Waals surface area contributed by atoms with Crippen LogP contribution in [0.4, 0.5) is 0 Å². The van der Waals surface area contributed by atoms with Crippen molar-refractivity contribution in [3.8, 4) is 0 Å². The molecule has 1 aromatic rings. The van der Waals surface area contributed by atoms with Crippen molar-refractivity contribution in [2.24, 2.45) is 0 Å². The number of nitrogens with zero attached hydrogens (tertiary/aromatic N) is 2. The van der Waals surface area contributed by atoms with Crippen LogP contribution in [0.5, 0.6) is 0 Å². The molecule has 1 unspecified atom stereocenters. The fourth-order valence-corrected chi connectivity index (χ4v) is 2.31. The molecule has 0 aromatic carbocycles. The van der Waals surface area contributed by atoms with Crippen LogP contribution in [0.1, 0.15) is 43.0 Å². The zero-order chi connectivity index (χ0) is 10.1. The van der Waals surface area contributed by atoms with Gasteiger partial charge in [0.2, 0.25) is 0 Å². The van der Waals surface area contributed by atoms with Crippen LogP contribution in [0.25, 0.3) is 0 Å². The molecule has 1 saturated carbocycles. The van der Waals surface area contributed by atoms with Gasteiger partial charge in [-0.3, -0.25) is 0 Å². The van der Waals surface area contributed by atoms with Crippen LogP contribution < -0.4 is 5.32 Å². The van der Waals surface area contributed by atoms with E-state index in [1.807, 2.05) is 0 Å². The predicted octanol–water partition coefficient (Wildman–Crippen LogP) is 1.65. The van der Waals surface area contributed by atoms with Gasteiger partial charge in [-0.2, -0.15) is 0 Å². The highest BCUT2D eigenvalue weighted by molar-refractivity contribution is 5.17. The molecular formula is C12H17N3. The Morgan fingerprint density at radius 3 is 2.93 bits per heavy atom. The van der Waals surface area contributed by atoms with Crippen molar-refractivity contribution in [2.75, 3.05) is 6.54 Å². The Kier molecular flexibility index (Phi) is 2.41. The Morgan fingerprint density at radius 1 is 1.27 bits per heavy atom. The molecule has 0 amide bonds. The number of hydrogen-bond acceptors (Lipinski definition) is 3. The molecule has 2 heterocycles. The van der Waals surface area contributed by atoms with Crippen molar-refractivity contribution in [1.29, 1.82) is 0 Å². The van der Waals surface area contributed by atoms with Gasteiger partial charge < -0.3 is 5.32 Å². The molecule has 0 radical (unpaired) electrons. The van der Waals surface area contributed by atoms with Crippen LogP contribution in [0.3, 0.4) is 0 Å². The maximum Gasteiger partial charge on any atom is 0.115 e. The molecule has 0 spiro atoms. The maximum atomic E-state index is 4.36. The quantitative estimate of drug-likeness (QED) is 0.811. The minimum Gasteiger partial charge on any atom is -0.314 e. The second-order valence-electron chi connectivity index (χ2n) is 4.71. The maximum absolute atomic E-state index is 4.36. The highest BCUT2D eigenvalue weighted by atomic mass is 14.9. The third-order valence-corrected chi connectivity index (χ3v) is 3.36. The molecule has 1 aliphatic carbocycles. The summed E-state index contributed by atoms with van der Waals surface area (Å²) >= 11 is 0. The van der Waals surface area contributed by atoms with Gasteiger partial charge in [-0.25, -0.2) is 9.97 Å². The van der Waals surface area contributed by atoms with Crippen molar-refractivity contribution >= 4 is 0 Å². The van der Waals surface area contributed by atoms with Crippen LogP contribution in [-0.4, -0.2) is 22.6 Å². The fraction of sp³-hybridized carbons (Fsp3) is 0.667. The summed E-state index contributed by atoms with van der Waals surface area (Å²) in [4.78, 5) is 8.71. The standard InChI is InChI=1S/C12H17N3/c1-2-10(13-5-1)6-11-7-12(9-3-4-9)15-8-14-11/h7-10,13H,1-6H2. The zero-order valence-electron chi connectivity index (χ0n) is 8.95. The molecule has 0 bridgehead atoms. The smallest absolute Gasteiger partial charge is 0.115 e. The van der Waals surface area contributed by atoms with E-state index < -0.39 is 0 Å². The van der Waals surface area contributed by atoms with E-state index in [9.17, 15) is 0 Å². The van der Waals surface area contributed by atoms with Crippen molar-refractivity contribution < 1.29 is 0 Å². The SMILES string of the molecule is c1nc(CC2CCCN2)cc(C2CC2)n1. The lowest BCUT2D eigenvalue weighted by atomic mass is 10.1. The summed E-state index contributed by atoms with van der Waals surface area (Å²) in [7, 11) is 0. The van der Waals surface area contributed by atoms with Gasteiger partial charge in [-0.1, -0.05) is 0 Å². The number of nitrogens with one attached hydrogen (secondary N) is 1. The lowest BCUT2D eigenvalue weighted by Gasteiger charge is -2.09. The molecule has 1 aliphatic heterocycles. The number of rotatable bonds is 3. The van der Waals surface area contributed by atoms with Gasteiger partial charge in [-0.05, 0) is 38.3 Å². The van der Waals surface area contributed by atoms with E-state index in [4.69, 9.17) is 0 Å². The van der Waals surface area contributed by atoms with Crippen LogP contribution >= 0.6 is 0 Å². The third kappa shape index (κ3) is 2.17. The van der Waals surface area contributed by atoms with Gasteiger partial charge in [0, 0.05) is 29.8 Å². The Hall–Kier alpha value is -0.960. The van der Waals surface area contributed by atoms with Crippen LogP contribution in [0.2, 0.25) is 0 Å². The van der Waals surface area contributed by atoms with Crippen LogP contribution in [-0.2, 0) is 6.42 Å². The largest absolute Gasteiger partial charge is 0.314 e. The van der Waals surface area contributed by atoms with Crippen molar-refractivity contribution in [2.45, 2.75) is 44.1 Å². The minimum absolute atomic E-state index is 0.645. The highest BCUT2D eigenvalue weighted by Crippen LogP contribution is 2.38. The Bertz CT molecular complexity index is 340. The zero-order valence-corrected chi connectivity index (χ0v) is 8.95. The monoisotopic (exact) mass is 203 g/mol. The molecule has 80 valence electrons. The van der Waals surface area contributed by atoms with Crippen LogP contribution in [0.15, 0.2) is 12.4 Å². The van der Waals surface area contributed by atoms with E-state index in [1.54, 1.807) is 6.33 Å². The highest BCUT2D eigenvalue weighted by Gasteiger charge is 2.25. The van der Waals surface area contributed by atoms with Gasteiger partial charge in [0.25, 0.3) is 0 Å². The predicted molar refractivity (Wildman–Crippen MR) is 58.7 cm³/mol. The first-order chi connectivity index (χ1) is 7.42. The summed E-state index contributed by atoms with van der Waals surface area (Å²) in [5.74, 6) is 0.739. The second kappa shape index (κ2) is 3.89. The summed E-state index contributed by atoms with van der Waals surface area (Å²) in [5, 5.41) is 3.51. The van der Waals surface area contributed by atoms with Gasteiger partial charge in [-0.15, -0.1) is 0 Å². The van der Waals surface area contributed by atoms with Crippen molar-refractivity contribution in [3.63, 3.8) is 0 Å². The fourth-order valence-electron chi connectivity index (χ4n) is 2.31. The van der Waals surface area contributed by atoms with E-state index in [0.717, 1.165) is 12.3 Å². The lowest BCUT2D eigenvalue weighted by molar-refractivity contribution is 0.593. The topological polar surface area (TPSA) is 37.8 Å². The van der Waals surface area contributed by atoms with E-state index >= 15 is 0 Å². The van der Waals surface area contributed by atoms with Gasteiger partial charge in [0.1, 0.15) is 6.33 Å². The van der Waals surface area contributed by atoms with E-state index in [1.165, 1.54) is 43.6 Å². The molecule has 1 aromatic heterocycles. The van der Waals surface area contributed by atoms with Gasteiger partial charge >= 0.3 is 0 Å².